The number of carbonyl (C=O) groups is 9. The maximum atomic E-state index is 13.4. The average Bonchev–Trinajstić information content (AvgIpc) is 3.58. The molecule has 0 radical (unpaired) electrons. The second-order valence-electron chi connectivity index (χ2n) is 19.5. The molecule has 0 bridgehead atoms. The third kappa shape index (κ3) is 15.3. The van der Waals surface area contributed by atoms with Gasteiger partial charge in [0.1, 0.15) is 45.7 Å². The molecule has 1 aliphatic rings. The Morgan fingerprint density at radius 1 is 0.461 bits per heavy atom. The molecule has 10 aromatic rings. The van der Waals surface area contributed by atoms with Crippen LogP contribution in [0.4, 0.5) is 23.2 Å². The normalized spacial score (nSPS) is 11.4. The third-order valence-electron chi connectivity index (χ3n) is 12.9. The number of fused-ring (bicyclic) bond motifs is 4. The van der Waals surface area contributed by atoms with Crippen LogP contribution in [0, 0.1) is 23.3 Å². The van der Waals surface area contributed by atoms with Crippen molar-refractivity contribution >= 4 is 75.4 Å². The second-order valence-corrected chi connectivity index (χ2v) is 19.5. The minimum atomic E-state index is -1.02. The molecule has 0 atom stereocenters. The molecule has 89 heavy (non-hydrogen) atoms. The van der Waals surface area contributed by atoms with E-state index in [2.05, 4.69) is 62.1 Å². The van der Waals surface area contributed by atoms with Gasteiger partial charge in [0.15, 0.2) is 58.4 Å². The highest BCUT2D eigenvalue weighted by Gasteiger charge is 2.22. The van der Waals surface area contributed by atoms with Crippen LogP contribution in [0.2, 0.25) is 0 Å². The summed E-state index contributed by atoms with van der Waals surface area (Å²) in [4.78, 5) is 121. The van der Waals surface area contributed by atoms with Gasteiger partial charge in [0.25, 0.3) is 35.4 Å². The van der Waals surface area contributed by atoms with Gasteiger partial charge in [-0.2, -0.15) is 15.3 Å². The van der Waals surface area contributed by atoms with E-state index in [1.165, 1.54) is 89.3 Å². The summed E-state index contributed by atoms with van der Waals surface area (Å²) in [5.74, 6) is -6.84. The number of rotatable bonds is 17. The molecule has 0 saturated heterocycles. The lowest BCUT2D eigenvalue weighted by Gasteiger charge is -2.18. The number of ether oxygens (including phenoxy) is 1. The minimum absolute atomic E-state index is 0.00962. The fourth-order valence-electron chi connectivity index (χ4n) is 8.45. The van der Waals surface area contributed by atoms with E-state index in [1.807, 2.05) is 0 Å². The number of ketones is 3. The van der Waals surface area contributed by atoms with Crippen molar-refractivity contribution in [1.82, 2.24) is 70.4 Å². The number of nitrogens with one attached hydrogen (secondary N) is 6. The van der Waals surface area contributed by atoms with Crippen LogP contribution in [0.5, 0.6) is 5.75 Å². The first kappa shape index (κ1) is 61.6. The zero-order valence-electron chi connectivity index (χ0n) is 47.1. The van der Waals surface area contributed by atoms with Gasteiger partial charge in [0.2, 0.25) is 0 Å². The largest absolute Gasteiger partial charge is 0.482 e. The van der Waals surface area contributed by atoms with Crippen LogP contribution in [-0.2, 0) is 35.8 Å². The monoisotopic (exact) mass is 1220 g/mol. The van der Waals surface area contributed by atoms with Crippen molar-refractivity contribution < 1.29 is 65.4 Å². The number of nitrogens with zero attached hydrogens (tertiary/aromatic N) is 9. The molecule has 7 heterocycles. The molecule has 1 aliphatic heterocycles. The molecule has 0 aliphatic carbocycles. The number of hydrogen-bond acceptors (Lipinski definition) is 16. The molecular formula is C60H49F4N15O10. The summed E-state index contributed by atoms with van der Waals surface area (Å²) in [7, 11) is 0. The summed E-state index contributed by atoms with van der Waals surface area (Å²) in [6.07, 6.45) is 4.37. The van der Waals surface area contributed by atoms with E-state index in [4.69, 9.17) is 4.74 Å². The molecule has 6 N–H and O–H groups in total. The molecule has 25 nitrogen and oxygen atoms in total. The standard InChI is InChI=1S/C24H19F2N5O3.C18H15F2N5O3.C18H15N5O4/c1-14(32)17-5-2-15(3-6-17)12-28-24(34)21-11-20(30-22-8-9-29-31(21)22)23(33)27-13-16-4-7-18(25)19(26)10-16;1-10(26)8-21-18(28)15-7-14(24-16-4-5-23-25(15)16)17(27)22-9-11-2-3-12(19)13(20)6-11;1-10(24)14-7-13(21-16-4-5-20-23(14)16)18(26)19-8-11-2-3-15-12(6-11)22-17(25)9-27-15/h2-11H,12-13H2,1H3,(H,27,33)(H,28,34);2-7H,8-9H2,1H3,(H,21,28)(H,22,27);2-7H,8-9H2,1H3,(H,19,26)(H,22,25). The molecule has 0 saturated carbocycles. The molecule has 0 spiro atoms. The van der Waals surface area contributed by atoms with Crippen LogP contribution in [0.1, 0.15) is 116 Å². The number of benzene rings is 4. The highest BCUT2D eigenvalue weighted by Crippen LogP contribution is 2.28. The molecule has 11 rings (SSSR count). The summed E-state index contributed by atoms with van der Waals surface area (Å²) in [5, 5.41) is 27.9. The Morgan fingerprint density at radius 2 is 0.865 bits per heavy atom. The number of carbonyl (C=O) groups excluding carboxylic acids is 9. The van der Waals surface area contributed by atoms with Crippen LogP contribution < -0.4 is 36.6 Å². The number of Topliss-reactive ketones (excluding diaryl/α,β-unsaturated/α-hetero) is 3. The molecule has 4 aromatic carbocycles. The number of halogens is 4. The number of hydrogen-bond donors (Lipinski definition) is 6. The van der Waals surface area contributed by atoms with Gasteiger partial charge >= 0.3 is 0 Å². The van der Waals surface area contributed by atoms with Gasteiger partial charge in [-0.3, -0.25) is 43.2 Å². The van der Waals surface area contributed by atoms with Crippen LogP contribution in [0.15, 0.2) is 134 Å². The van der Waals surface area contributed by atoms with Crippen molar-refractivity contribution in [1.29, 1.82) is 0 Å². The zero-order valence-corrected chi connectivity index (χ0v) is 47.1. The lowest BCUT2D eigenvalue weighted by molar-refractivity contribution is -0.118. The van der Waals surface area contributed by atoms with Crippen molar-refractivity contribution in [3.63, 3.8) is 0 Å². The Labute approximate surface area is 499 Å². The number of aromatic nitrogens is 9. The van der Waals surface area contributed by atoms with Gasteiger partial charge < -0.3 is 36.6 Å². The Morgan fingerprint density at radius 3 is 1.31 bits per heavy atom. The van der Waals surface area contributed by atoms with Gasteiger partial charge in [-0.15, -0.1) is 0 Å². The first-order valence-corrected chi connectivity index (χ1v) is 26.7. The van der Waals surface area contributed by atoms with Crippen LogP contribution in [0.25, 0.3) is 16.9 Å². The Kier molecular flexibility index (Phi) is 19.0. The van der Waals surface area contributed by atoms with Crippen LogP contribution >= 0.6 is 0 Å². The van der Waals surface area contributed by atoms with Crippen molar-refractivity contribution in [3.8, 4) is 5.75 Å². The predicted molar refractivity (Wildman–Crippen MR) is 306 cm³/mol. The van der Waals surface area contributed by atoms with E-state index in [0.717, 1.165) is 35.4 Å². The summed E-state index contributed by atoms with van der Waals surface area (Å²) in [5.41, 5.74) is 4.81. The molecular weight excluding hydrogens is 1170 g/mol. The van der Waals surface area contributed by atoms with Gasteiger partial charge in [0, 0.05) is 69.0 Å². The smallest absolute Gasteiger partial charge is 0.270 e. The van der Waals surface area contributed by atoms with E-state index in [0.29, 0.717) is 33.8 Å². The van der Waals surface area contributed by atoms with Gasteiger partial charge in [-0.05, 0) is 78.6 Å². The van der Waals surface area contributed by atoms with Crippen molar-refractivity contribution in [2.45, 2.75) is 47.0 Å². The Bertz CT molecular complexity index is 4450. The van der Waals surface area contributed by atoms with Crippen LogP contribution in [-0.4, -0.2) is 110 Å². The fraction of sp³-hybridized carbons (Fsp3) is 0.150. The lowest BCUT2D eigenvalue weighted by atomic mass is 10.1. The number of anilines is 1. The molecule has 0 unspecified atom stereocenters. The van der Waals surface area contributed by atoms with Gasteiger partial charge in [-0.1, -0.05) is 42.5 Å². The van der Waals surface area contributed by atoms with E-state index in [9.17, 15) is 60.7 Å². The van der Waals surface area contributed by atoms with Crippen molar-refractivity contribution in [2.24, 2.45) is 0 Å². The number of amides is 6. The average molecular weight is 1220 g/mol. The van der Waals surface area contributed by atoms with E-state index in [-0.39, 0.29) is 108 Å². The molecule has 0 fully saturated rings. The topological polar surface area (TPSA) is 326 Å². The highest BCUT2D eigenvalue weighted by molar-refractivity contribution is 6.01. The maximum Gasteiger partial charge on any atom is 0.270 e. The zero-order chi connectivity index (χ0) is 63.5. The second kappa shape index (κ2) is 27.4. The predicted octanol–water partition coefficient (Wildman–Crippen LogP) is 5.52. The highest BCUT2D eigenvalue weighted by atomic mass is 19.2. The molecule has 29 heteroatoms. The fourth-order valence-corrected chi connectivity index (χ4v) is 8.45. The van der Waals surface area contributed by atoms with Crippen molar-refractivity contribution in [2.75, 3.05) is 18.5 Å². The summed E-state index contributed by atoms with van der Waals surface area (Å²) >= 11 is 0. The van der Waals surface area contributed by atoms with E-state index in [1.54, 1.807) is 54.6 Å². The molecule has 452 valence electrons. The Hall–Kier alpha value is -11.9. The van der Waals surface area contributed by atoms with Gasteiger partial charge in [0.05, 0.1) is 30.8 Å². The lowest BCUT2D eigenvalue weighted by Crippen LogP contribution is -2.31. The SMILES string of the molecule is CC(=O)CNC(=O)c1cc(C(=O)NCc2ccc(F)c(F)c2)nc2ccnn12.CC(=O)c1cc(C(=O)NCc2ccc3c(c2)NC(=O)CO3)nc2ccnn12.CC(=O)c1ccc(CNC(=O)c2cc(C(=O)NCc3ccc(F)c(F)c3)nc3ccnn23)cc1. The first-order chi connectivity index (χ1) is 42.7. The minimum Gasteiger partial charge on any atom is -0.482 e. The third-order valence-corrected chi connectivity index (χ3v) is 12.9. The molecule has 6 amide bonds. The molecule has 6 aromatic heterocycles. The van der Waals surface area contributed by atoms with Crippen LogP contribution in [0.3, 0.4) is 0 Å². The Balaban J connectivity index is 0.000000160. The maximum absolute atomic E-state index is 13.4. The summed E-state index contributed by atoms with van der Waals surface area (Å²) < 4.78 is 62.0. The summed E-state index contributed by atoms with van der Waals surface area (Å²) in [6.45, 7) is 4.33. The summed E-state index contributed by atoms with van der Waals surface area (Å²) in [6, 6.07) is 27.3. The quantitative estimate of drug-likeness (QED) is 0.0483. The van der Waals surface area contributed by atoms with Gasteiger partial charge in [-0.25, -0.2) is 46.1 Å². The first-order valence-electron chi connectivity index (χ1n) is 26.7. The van der Waals surface area contributed by atoms with E-state index >= 15 is 0 Å². The van der Waals surface area contributed by atoms with Crippen molar-refractivity contribution in [3.05, 3.63) is 219 Å². The van der Waals surface area contributed by atoms with E-state index < -0.39 is 52.8 Å².